The average molecular weight is 511 g/mol. The number of amides is 2. The molecule has 9 heteroatoms. The van der Waals surface area contributed by atoms with E-state index in [4.69, 9.17) is 17.3 Å². The number of carboxylic acid groups (broad SMARTS) is 1. The summed E-state index contributed by atoms with van der Waals surface area (Å²) in [6, 6.07) is 5.66. The van der Waals surface area contributed by atoms with E-state index in [1.807, 2.05) is 18.2 Å². The molecule has 160 valence electrons. The van der Waals surface area contributed by atoms with Crippen molar-refractivity contribution < 1.29 is 19.5 Å². The maximum Gasteiger partial charge on any atom is 0.303 e. The molecule has 1 saturated heterocycles. The molecule has 2 aliphatic rings. The molecule has 1 aromatic rings. The van der Waals surface area contributed by atoms with Gasteiger partial charge in [0, 0.05) is 29.5 Å². The van der Waals surface area contributed by atoms with Gasteiger partial charge < -0.3 is 10.0 Å². The third-order valence-corrected chi connectivity index (χ3v) is 7.00. The molecule has 30 heavy (non-hydrogen) atoms. The highest BCUT2D eigenvalue weighted by atomic mass is 79.9. The van der Waals surface area contributed by atoms with Crippen molar-refractivity contribution >= 4 is 73.3 Å². The third kappa shape index (κ3) is 4.78. The summed E-state index contributed by atoms with van der Waals surface area (Å²) in [6.07, 6.45) is 4.46. The summed E-state index contributed by atoms with van der Waals surface area (Å²) in [5.74, 6) is -1.41. The van der Waals surface area contributed by atoms with Crippen LogP contribution in [-0.4, -0.2) is 45.2 Å². The van der Waals surface area contributed by atoms with E-state index in [1.54, 1.807) is 4.90 Å². The van der Waals surface area contributed by atoms with Gasteiger partial charge in [-0.1, -0.05) is 66.1 Å². The molecule has 0 aromatic heterocycles. The quantitative estimate of drug-likeness (QED) is 0.291. The second-order valence-corrected chi connectivity index (χ2v) is 9.76. The second kappa shape index (κ2) is 10.1. The van der Waals surface area contributed by atoms with E-state index in [-0.39, 0.29) is 24.8 Å². The van der Waals surface area contributed by atoms with E-state index in [0.717, 1.165) is 53.2 Å². The molecule has 0 bridgehead atoms. The maximum atomic E-state index is 13.3. The number of carboxylic acids is 1. The van der Waals surface area contributed by atoms with Gasteiger partial charge in [-0.3, -0.25) is 19.3 Å². The first-order valence-electron chi connectivity index (χ1n) is 9.96. The Morgan fingerprint density at radius 2 is 1.83 bits per heavy atom. The van der Waals surface area contributed by atoms with Crippen molar-refractivity contribution in [3.63, 3.8) is 0 Å². The van der Waals surface area contributed by atoms with Gasteiger partial charge in [-0.15, -0.1) is 0 Å². The van der Waals surface area contributed by atoms with Crippen LogP contribution in [0.25, 0.3) is 5.57 Å². The molecule has 3 rings (SSSR count). The molecule has 0 saturated carbocycles. The van der Waals surface area contributed by atoms with Gasteiger partial charge in [-0.25, -0.2) is 0 Å². The van der Waals surface area contributed by atoms with Gasteiger partial charge in [0.2, 0.25) is 0 Å². The molecular weight excluding hydrogens is 488 g/mol. The smallest absolute Gasteiger partial charge is 0.303 e. The van der Waals surface area contributed by atoms with Crippen LogP contribution in [0.3, 0.4) is 0 Å². The fourth-order valence-electron chi connectivity index (χ4n) is 3.57. The van der Waals surface area contributed by atoms with E-state index in [0.29, 0.717) is 27.8 Å². The number of carbonyl (C=O) groups excluding carboxylic acids is 2. The van der Waals surface area contributed by atoms with E-state index in [9.17, 15) is 14.4 Å². The van der Waals surface area contributed by atoms with E-state index in [2.05, 4.69) is 22.9 Å². The molecule has 6 nitrogen and oxygen atoms in total. The van der Waals surface area contributed by atoms with Crippen LogP contribution >= 0.6 is 39.9 Å². The molecule has 1 aromatic carbocycles. The van der Waals surface area contributed by atoms with Crippen molar-refractivity contribution in [2.45, 2.75) is 45.4 Å². The lowest BCUT2D eigenvalue weighted by molar-refractivity contribution is -0.137. The minimum Gasteiger partial charge on any atom is -0.481 e. The number of rotatable bonds is 9. The number of hydrogen-bond acceptors (Lipinski definition) is 5. The summed E-state index contributed by atoms with van der Waals surface area (Å²) < 4.78 is 1.19. The number of carbonyl (C=O) groups is 3. The Morgan fingerprint density at radius 1 is 1.10 bits per heavy atom. The number of hydrogen-bond donors (Lipinski definition) is 1. The van der Waals surface area contributed by atoms with Crippen molar-refractivity contribution in [3.8, 4) is 0 Å². The van der Waals surface area contributed by atoms with Gasteiger partial charge in [0.25, 0.3) is 11.8 Å². The summed E-state index contributed by atoms with van der Waals surface area (Å²) in [6.45, 7) is 2.98. The molecule has 0 aliphatic carbocycles. The lowest BCUT2D eigenvalue weighted by atomic mass is 10.1. The summed E-state index contributed by atoms with van der Waals surface area (Å²) >= 11 is 9.94. The number of nitrogens with zero attached hydrogens (tertiary/aromatic N) is 2. The van der Waals surface area contributed by atoms with Crippen molar-refractivity contribution in [3.05, 3.63) is 33.1 Å². The first kappa shape index (κ1) is 23.0. The Bertz CT molecular complexity index is 932. The highest BCUT2D eigenvalue weighted by Crippen LogP contribution is 2.45. The first-order valence-corrected chi connectivity index (χ1v) is 12.0. The molecule has 1 N–H and O–H groups in total. The molecule has 2 heterocycles. The van der Waals surface area contributed by atoms with Gasteiger partial charge in [-0.05, 0) is 31.0 Å². The number of thioether (sulfide) groups is 1. The fourth-order valence-corrected chi connectivity index (χ4v) is 5.31. The number of benzene rings is 1. The number of unbranched alkanes of at least 4 members (excludes halogenated alkanes) is 3. The number of halogens is 1. The topological polar surface area (TPSA) is 77.9 Å². The summed E-state index contributed by atoms with van der Waals surface area (Å²) in [7, 11) is 0. The molecule has 0 atom stereocenters. The minimum atomic E-state index is -0.915. The number of thiocarbonyl (C=S) groups is 1. The number of anilines is 1. The molecule has 0 radical (unpaired) electrons. The largest absolute Gasteiger partial charge is 0.481 e. The standard InChI is InChI=1S/C21H23BrN2O4S2/c1-2-3-4-5-10-23-15-9-8-13(22)12-14(15)17(19(23)27)18-20(28)24(21(29)30-18)11-6-7-16(25)26/h8-9,12H,2-7,10-11H2,1H3,(H,25,26)/b18-17-. The zero-order valence-electron chi connectivity index (χ0n) is 16.6. The first-order chi connectivity index (χ1) is 14.3. The van der Waals surface area contributed by atoms with Crippen LogP contribution in [0.1, 0.15) is 51.0 Å². The predicted molar refractivity (Wildman–Crippen MR) is 126 cm³/mol. The SMILES string of the molecule is CCCCCCN1C(=O)/C(=C2\SC(=S)N(CCCC(=O)O)C2=O)c2cc(Br)ccc21. The van der Waals surface area contributed by atoms with Gasteiger partial charge in [0.1, 0.15) is 4.32 Å². The number of aliphatic carboxylic acids is 1. The van der Waals surface area contributed by atoms with Crippen LogP contribution in [0.4, 0.5) is 5.69 Å². The Labute approximate surface area is 193 Å². The maximum absolute atomic E-state index is 13.3. The Hall–Kier alpha value is -1.71. The zero-order chi connectivity index (χ0) is 21.8. The molecule has 0 spiro atoms. The summed E-state index contributed by atoms with van der Waals surface area (Å²) in [5, 5.41) is 8.84. The highest BCUT2D eigenvalue weighted by molar-refractivity contribution is 9.10. The van der Waals surface area contributed by atoms with Crippen molar-refractivity contribution in [1.82, 2.24) is 4.90 Å². The van der Waals surface area contributed by atoms with Crippen molar-refractivity contribution in [2.24, 2.45) is 0 Å². The third-order valence-electron chi connectivity index (χ3n) is 5.06. The molecule has 0 unspecified atom stereocenters. The van der Waals surface area contributed by atoms with Crippen LogP contribution in [0.2, 0.25) is 0 Å². The molecule has 1 fully saturated rings. The molecule has 2 aliphatic heterocycles. The van der Waals surface area contributed by atoms with Crippen LogP contribution in [0.5, 0.6) is 0 Å². The van der Waals surface area contributed by atoms with Gasteiger partial charge in [0.05, 0.1) is 16.2 Å². The normalized spacial score (nSPS) is 18.5. The van der Waals surface area contributed by atoms with E-state index >= 15 is 0 Å². The van der Waals surface area contributed by atoms with Crippen LogP contribution in [0.15, 0.2) is 27.6 Å². The van der Waals surface area contributed by atoms with Crippen molar-refractivity contribution in [1.29, 1.82) is 0 Å². The fraction of sp³-hybridized carbons (Fsp3) is 0.429. The Balaban J connectivity index is 1.90. The van der Waals surface area contributed by atoms with Crippen molar-refractivity contribution in [2.75, 3.05) is 18.0 Å². The lowest BCUT2D eigenvalue weighted by Crippen LogP contribution is -2.30. The number of fused-ring (bicyclic) bond motifs is 1. The molecular formula is C21H23BrN2O4S2. The zero-order valence-corrected chi connectivity index (χ0v) is 19.9. The second-order valence-electron chi connectivity index (χ2n) is 7.21. The van der Waals surface area contributed by atoms with E-state index < -0.39 is 5.97 Å². The summed E-state index contributed by atoms with van der Waals surface area (Å²) in [5.41, 5.74) is 1.93. The van der Waals surface area contributed by atoms with E-state index in [1.165, 1.54) is 4.90 Å². The summed E-state index contributed by atoms with van der Waals surface area (Å²) in [4.78, 5) is 40.7. The Kier molecular flexibility index (Phi) is 7.70. The average Bonchev–Trinajstić information content (AvgIpc) is 3.11. The molecule has 2 amide bonds. The van der Waals surface area contributed by atoms with Gasteiger partial charge in [0.15, 0.2) is 0 Å². The van der Waals surface area contributed by atoms with Gasteiger partial charge >= 0.3 is 5.97 Å². The highest BCUT2D eigenvalue weighted by Gasteiger charge is 2.41. The van der Waals surface area contributed by atoms with Crippen LogP contribution < -0.4 is 4.90 Å². The minimum absolute atomic E-state index is 0.0385. The Morgan fingerprint density at radius 3 is 2.53 bits per heavy atom. The van der Waals surface area contributed by atoms with Crippen LogP contribution in [-0.2, 0) is 14.4 Å². The predicted octanol–water partition coefficient (Wildman–Crippen LogP) is 4.81. The lowest BCUT2D eigenvalue weighted by Gasteiger charge is -2.17. The monoisotopic (exact) mass is 510 g/mol. The van der Waals surface area contributed by atoms with Crippen LogP contribution in [0, 0.1) is 0 Å². The van der Waals surface area contributed by atoms with Gasteiger partial charge in [-0.2, -0.15) is 0 Å².